The zero-order valence-corrected chi connectivity index (χ0v) is 19.5. The molecule has 0 radical (unpaired) electrons. The lowest BCUT2D eigenvalue weighted by molar-refractivity contribution is -0.121. The van der Waals surface area contributed by atoms with Gasteiger partial charge in [-0.2, -0.15) is 0 Å². The monoisotopic (exact) mass is 466 g/mol. The third-order valence-electron chi connectivity index (χ3n) is 5.22. The van der Waals surface area contributed by atoms with Crippen molar-refractivity contribution in [1.29, 1.82) is 0 Å². The first kappa shape index (κ1) is 23.0. The smallest absolute Gasteiger partial charge is 0.276 e. The molecule has 2 aliphatic heterocycles. The Hall–Kier alpha value is -4.21. The Morgan fingerprint density at radius 1 is 1.00 bits per heavy atom. The second-order valence-electron chi connectivity index (χ2n) is 7.36. The molecule has 1 amide bonds. The third kappa shape index (κ3) is 4.75. The number of carbonyl (C=O) groups is 1. The number of fused-ring (bicyclic) bond motifs is 1. The Labute approximate surface area is 197 Å². The number of likely N-dealkylation sites (N-methyl/N-ethyl adjacent to an activating group) is 1. The van der Waals surface area contributed by atoms with Crippen molar-refractivity contribution in [2.45, 2.75) is 0 Å². The molecule has 0 unspecified atom stereocenters. The summed E-state index contributed by atoms with van der Waals surface area (Å²) in [7, 11) is 6.36. The van der Waals surface area contributed by atoms with Gasteiger partial charge in [0.25, 0.3) is 5.91 Å². The van der Waals surface area contributed by atoms with Crippen LogP contribution in [0.1, 0.15) is 11.1 Å². The summed E-state index contributed by atoms with van der Waals surface area (Å²) in [5, 5.41) is 3.07. The van der Waals surface area contributed by atoms with Gasteiger partial charge in [0.1, 0.15) is 5.70 Å². The summed E-state index contributed by atoms with van der Waals surface area (Å²) in [5.41, 5.74) is 2.06. The van der Waals surface area contributed by atoms with E-state index < -0.39 is 0 Å². The quantitative estimate of drug-likeness (QED) is 0.362. The van der Waals surface area contributed by atoms with E-state index in [-0.39, 0.29) is 12.7 Å². The Kier molecular flexibility index (Phi) is 6.86. The highest BCUT2D eigenvalue weighted by atomic mass is 16.7. The number of aliphatic imine (C=N–C) groups is 2. The van der Waals surface area contributed by atoms with E-state index in [1.54, 1.807) is 40.7 Å². The molecule has 0 bridgehead atoms. The number of carbonyl (C=O) groups excluding carboxylic acids is 1. The van der Waals surface area contributed by atoms with Crippen molar-refractivity contribution in [3.63, 3.8) is 0 Å². The van der Waals surface area contributed by atoms with Crippen LogP contribution < -0.4 is 29.0 Å². The maximum atomic E-state index is 12.6. The number of hydrogen-bond donors (Lipinski definition) is 1. The molecule has 34 heavy (non-hydrogen) atoms. The van der Waals surface area contributed by atoms with Crippen molar-refractivity contribution < 1.29 is 28.5 Å². The average Bonchev–Trinajstić information content (AvgIpc) is 3.43. The van der Waals surface area contributed by atoms with Crippen molar-refractivity contribution in [1.82, 2.24) is 10.2 Å². The van der Waals surface area contributed by atoms with E-state index in [0.717, 1.165) is 11.1 Å². The van der Waals surface area contributed by atoms with Crippen LogP contribution in [0.4, 0.5) is 0 Å². The minimum atomic E-state index is -0.169. The van der Waals surface area contributed by atoms with E-state index in [1.165, 1.54) is 4.90 Å². The first-order valence-corrected chi connectivity index (χ1v) is 10.5. The van der Waals surface area contributed by atoms with Gasteiger partial charge in [0.15, 0.2) is 23.0 Å². The summed E-state index contributed by atoms with van der Waals surface area (Å²) in [5.74, 6) is 3.29. The number of methoxy groups -OCH3 is 3. The average molecular weight is 466 g/mol. The topological polar surface area (TPSA) is 103 Å². The van der Waals surface area contributed by atoms with Crippen LogP contribution >= 0.6 is 0 Å². The van der Waals surface area contributed by atoms with Gasteiger partial charge in [-0.1, -0.05) is 6.07 Å². The summed E-state index contributed by atoms with van der Waals surface area (Å²) in [6.07, 6.45) is 3.47. The summed E-state index contributed by atoms with van der Waals surface area (Å²) in [6, 6.07) is 9.14. The predicted octanol–water partition coefficient (Wildman–Crippen LogP) is 2.32. The number of ether oxygens (including phenoxy) is 5. The highest BCUT2D eigenvalue weighted by Crippen LogP contribution is 2.37. The molecule has 1 saturated heterocycles. The molecule has 4 rings (SSSR count). The van der Waals surface area contributed by atoms with Crippen LogP contribution in [0.25, 0.3) is 6.08 Å². The Bertz CT molecular complexity index is 1150. The lowest BCUT2D eigenvalue weighted by Crippen LogP contribution is -2.28. The maximum Gasteiger partial charge on any atom is 0.276 e. The van der Waals surface area contributed by atoms with E-state index in [4.69, 9.17) is 23.7 Å². The summed E-state index contributed by atoms with van der Waals surface area (Å²) in [4.78, 5) is 23.0. The number of rotatable bonds is 8. The molecule has 0 saturated carbocycles. The number of hydrogen-bond acceptors (Lipinski definition) is 8. The maximum absolute atomic E-state index is 12.6. The summed E-state index contributed by atoms with van der Waals surface area (Å²) in [6.45, 7) is 1.04. The van der Waals surface area contributed by atoms with Gasteiger partial charge >= 0.3 is 0 Å². The fourth-order valence-corrected chi connectivity index (χ4v) is 3.51. The van der Waals surface area contributed by atoms with E-state index >= 15 is 0 Å². The van der Waals surface area contributed by atoms with Crippen LogP contribution in [-0.2, 0) is 4.79 Å². The molecular formula is C24H26N4O6. The van der Waals surface area contributed by atoms with Gasteiger partial charge in [0.05, 0.1) is 34.4 Å². The van der Waals surface area contributed by atoms with Gasteiger partial charge in [-0.05, 0) is 41.5 Å². The van der Waals surface area contributed by atoms with Gasteiger partial charge in [-0.3, -0.25) is 19.7 Å². The zero-order chi connectivity index (χ0) is 24.1. The highest BCUT2D eigenvalue weighted by molar-refractivity contribution is 6.15. The second kappa shape index (κ2) is 10.2. The van der Waals surface area contributed by atoms with Crippen molar-refractivity contribution >= 4 is 24.2 Å². The van der Waals surface area contributed by atoms with Crippen LogP contribution in [0, 0.1) is 0 Å². The van der Waals surface area contributed by atoms with Gasteiger partial charge in [0.2, 0.25) is 18.5 Å². The van der Waals surface area contributed by atoms with E-state index in [1.807, 2.05) is 30.3 Å². The van der Waals surface area contributed by atoms with Crippen LogP contribution in [0.5, 0.6) is 28.7 Å². The Morgan fingerprint density at radius 3 is 2.44 bits per heavy atom. The molecule has 2 aromatic carbocycles. The van der Waals surface area contributed by atoms with Crippen LogP contribution in [0.3, 0.4) is 0 Å². The first-order chi connectivity index (χ1) is 16.5. The molecule has 0 aliphatic carbocycles. The van der Waals surface area contributed by atoms with Crippen molar-refractivity contribution in [3.8, 4) is 28.7 Å². The predicted molar refractivity (Wildman–Crippen MR) is 127 cm³/mol. The van der Waals surface area contributed by atoms with Gasteiger partial charge < -0.3 is 29.0 Å². The normalized spacial score (nSPS) is 17.1. The molecule has 2 heterocycles. The minimum absolute atomic E-state index is 0.169. The molecule has 2 aliphatic rings. The van der Waals surface area contributed by atoms with E-state index in [9.17, 15) is 4.79 Å². The lowest BCUT2D eigenvalue weighted by atomic mass is 10.1. The molecule has 10 heteroatoms. The second-order valence-corrected chi connectivity index (χ2v) is 7.36. The van der Waals surface area contributed by atoms with Crippen molar-refractivity contribution in [3.05, 3.63) is 47.2 Å². The largest absolute Gasteiger partial charge is 0.493 e. The molecule has 0 aromatic heterocycles. The molecule has 1 fully saturated rings. The fourth-order valence-electron chi connectivity index (χ4n) is 3.51. The molecule has 1 N–H and O–H groups in total. The van der Waals surface area contributed by atoms with Crippen LogP contribution in [0.2, 0.25) is 0 Å². The summed E-state index contributed by atoms with van der Waals surface area (Å²) < 4.78 is 26.8. The Balaban J connectivity index is 1.39. The molecular weight excluding hydrogens is 440 g/mol. The van der Waals surface area contributed by atoms with Crippen molar-refractivity contribution in [2.24, 2.45) is 9.98 Å². The minimum Gasteiger partial charge on any atom is -0.493 e. The van der Waals surface area contributed by atoms with Gasteiger partial charge in [-0.25, -0.2) is 0 Å². The van der Waals surface area contributed by atoms with Crippen molar-refractivity contribution in [2.75, 3.05) is 48.3 Å². The highest BCUT2D eigenvalue weighted by Gasteiger charge is 2.28. The van der Waals surface area contributed by atoms with Crippen LogP contribution in [0.15, 0.2) is 46.0 Å². The molecule has 0 atom stereocenters. The molecule has 10 nitrogen and oxygen atoms in total. The summed E-state index contributed by atoms with van der Waals surface area (Å²) >= 11 is 0. The zero-order valence-electron chi connectivity index (χ0n) is 19.5. The van der Waals surface area contributed by atoms with Gasteiger partial charge in [-0.15, -0.1) is 0 Å². The SMILES string of the molecule is COc1cc(C=NCCN=C2N/C(=C\c3ccc4c(c3)OCO4)C(=O)N2C)cc(OC)c1OC. The number of guanidine groups is 1. The first-order valence-electron chi connectivity index (χ1n) is 10.5. The van der Waals surface area contributed by atoms with E-state index in [0.29, 0.717) is 53.5 Å². The van der Waals surface area contributed by atoms with Crippen LogP contribution in [-0.4, -0.2) is 71.2 Å². The molecule has 2 aromatic rings. The van der Waals surface area contributed by atoms with Gasteiger partial charge in [0, 0.05) is 13.3 Å². The van der Waals surface area contributed by atoms with E-state index in [2.05, 4.69) is 15.3 Å². The number of amides is 1. The standard InChI is InChI=1S/C24H26N4O6/c1-28-23(29)17(9-15-5-6-18-19(10-15)34-14-33-18)27-24(28)26-8-7-25-13-16-11-20(30-2)22(32-4)21(12-16)31-3/h5-6,9-13H,7-8,14H2,1-4H3,(H,26,27)/b17-9-,25-13?. The number of benzene rings is 2. The Morgan fingerprint density at radius 2 is 1.74 bits per heavy atom. The number of nitrogens with one attached hydrogen (secondary N) is 1. The fraction of sp³-hybridized carbons (Fsp3) is 0.292. The molecule has 178 valence electrons. The third-order valence-corrected chi connectivity index (χ3v) is 5.22. The number of nitrogens with zero attached hydrogens (tertiary/aromatic N) is 3. The lowest BCUT2D eigenvalue weighted by Gasteiger charge is -2.12. The molecule has 0 spiro atoms.